The van der Waals surface area contributed by atoms with Crippen LogP contribution in [0.15, 0.2) is 18.2 Å². The van der Waals surface area contributed by atoms with Crippen LogP contribution in [0.3, 0.4) is 0 Å². The van der Waals surface area contributed by atoms with Crippen LogP contribution in [0.4, 0.5) is 0 Å². The molecule has 0 bridgehead atoms. The molecule has 0 radical (unpaired) electrons. The molecule has 0 aliphatic rings. The Bertz CT molecular complexity index is 607. The molecule has 0 unspecified atom stereocenters. The van der Waals surface area contributed by atoms with Crippen LogP contribution in [0.2, 0.25) is 0 Å². The molecule has 0 aliphatic heterocycles. The maximum absolute atomic E-state index is 11.5. The van der Waals surface area contributed by atoms with E-state index in [2.05, 4.69) is 9.84 Å². The predicted octanol–water partition coefficient (Wildman–Crippen LogP) is 1.23. The highest BCUT2D eigenvalue weighted by Crippen LogP contribution is 2.19. The third-order valence-corrected chi connectivity index (χ3v) is 2.34. The number of aromatic nitrogens is 2. The zero-order chi connectivity index (χ0) is 11.7. The van der Waals surface area contributed by atoms with Crippen molar-refractivity contribution < 1.29 is 9.53 Å². The van der Waals surface area contributed by atoms with Crippen LogP contribution in [0.1, 0.15) is 16.1 Å². The minimum Gasteiger partial charge on any atom is -0.464 e. The molecule has 5 nitrogen and oxygen atoms in total. The van der Waals surface area contributed by atoms with E-state index in [0.29, 0.717) is 22.2 Å². The molecule has 1 aromatic heterocycles. The number of aryl methyl sites for hydroxylation is 1. The third-order valence-electron chi connectivity index (χ3n) is 2.34. The van der Waals surface area contributed by atoms with E-state index in [-0.39, 0.29) is 0 Å². The molecule has 16 heavy (non-hydrogen) atoms. The van der Waals surface area contributed by atoms with Crippen molar-refractivity contribution in [1.29, 1.82) is 5.26 Å². The van der Waals surface area contributed by atoms with Gasteiger partial charge in [-0.2, -0.15) is 10.4 Å². The molecule has 0 saturated heterocycles. The maximum Gasteiger partial charge on any atom is 0.356 e. The maximum atomic E-state index is 11.5. The van der Waals surface area contributed by atoms with Crippen LogP contribution in [-0.2, 0) is 11.8 Å². The molecule has 2 aromatic rings. The molecule has 1 aromatic carbocycles. The summed E-state index contributed by atoms with van der Waals surface area (Å²) >= 11 is 0. The Morgan fingerprint density at radius 2 is 2.31 bits per heavy atom. The summed E-state index contributed by atoms with van der Waals surface area (Å²) in [5.74, 6) is -0.435. The van der Waals surface area contributed by atoms with Gasteiger partial charge < -0.3 is 4.74 Å². The lowest BCUT2D eigenvalue weighted by atomic mass is 10.1. The van der Waals surface area contributed by atoms with Gasteiger partial charge in [-0.3, -0.25) is 4.68 Å². The molecular formula is C11H9N3O2. The Balaban J connectivity index is 2.73. The summed E-state index contributed by atoms with van der Waals surface area (Å²) in [6.07, 6.45) is 0. The van der Waals surface area contributed by atoms with Crippen LogP contribution in [0, 0.1) is 11.3 Å². The molecule has 0 spiro atoms. The van der Waals surface area contributed by atoms with E-state index in [9.17, 15) is 4.79 Å². The highest BCUT2D eigenvalue weighted by molar-refractivity contribution is 6.02. The largest absolute Gasteiger partial charge is 0.464 e. The number of methoxy groups -OCH3 is 1. The van der Waals surface area contributed by atoms with Crippen LogP contribution in [-0.4, -0.2) is 22.9 Å². The highest BCUT2D eigenvalue weighted by atomic mass is 16.5. The molecule has 0 amide bonds. The number of hydrogen-bond donors (Lipinski definition) is 0. The lowest BCUT2D eigenvalue weighted by molar-refractivity contribution is 0.0590. The normalized spacial score (nSPS) is 10.1. The van der Waals surface area contributed by atoms with E-state index < -0.39 is 5.97 Å². The number of nitriles is 1. The van der Waals surface area contributed by atoms with E-state index in [0.717, 1.165) is 0 Å². The number of rotatable bonds is 1. The second kappa shape index (κ2) is 3.66. The average molecular weight is 215 g/mol. The molecular weight excluding hydrogens is 206 g/mol. The van der Waals surface area contributed by atoms with E-state index >= 15 is 0 Å². The lowest BCUT2D eigenvalue weighted by Gasteiger charge is -1.99. The van der Waals surface area contributed by atoms with Crippen LogP contribution in [0.25, 0.3) is 10.9 Å². The predicted molar refractivity (Wildman–Crippen MR) is 56.8 cm³/mol. The summed E-state index contributed by atoms with van der Waals surface area (Å²) in [6, 6.07) is 7.02. The van der Waals surface area contributed by atoms with Crippen molar-refractivity contribution in [3.8, 4) is 6.07 Å². The Hall–Kier alpha value is -2.35. The van der Waals surface area contributed by atoms with E-state index in [1.54, 1.807) is 25.2 Å². The SMILES string of the molecule is COC(=O)c1c2ccc(C#N)cc2nn1C. The van der Waals surface area contributed by atoms with E-state index in [4.69, 9.17) is 5.26 Å². The highest BCUT2D eigenvalue weighted by Gasteiger charge is 2.16. The summed E-state index contributed by atoms with van der Waals surface area (Å²) in [5.41, 5.74) is 1.52. The fraction of sp³-hybridized carbons (Fsp3) is 0.182. The van der Waals surface area contributed by atoms with Gasteiger partial charge >= 0.3 is 5.97 Å². The minimum atomic E-state index is -0.435. The summed E-state index contributed by atoms with van der Waals surface area (Å²) in [7, 11) is 2.99. The standard InChI is InChI=1S/C11H9N3O2/c1-14-10(11(15)16-2)8-4-3-7(6-12)5-9(8)13-14/h3-5H,1-2H3. The molecule has 0 aliphatic carbocycles. The Kier molecular flexibility index (Phi) is 2.33. The number of carbonyl (C=O) groups excluding carboxylic acids is 1. The third kappa shape index (κ3) is 1.41. The van der Waals surface area contributed by atoms with Crippen LogP contribution < -0.4 is 0 Å². The van der Waals surface area contributed by atoms with Crippen LogP contribution >= 0.6 is 0 Å². The van der Waals surface area contributed by atoms with Gasteiger partial charge in [0.1, 0.15) is 0 Å². The van der Waals surface area contributed by atoms with E-state index in [1.165, 1.54) is 11.8 Å². The van der Waals surface area contributed by atoms with Gasteiger partial charge in [-0.05, 0) is 18.2 Å². The molecule has 0 fully saturated rings. The second-order valence-electron chi connectivity index (χ2n) is 3.31. The summed E-state index contributed by atoms with van der Waals surface area (Å²) in [6.45, 7) is 0. The van der Waals surface area contributed by atoms with E-state index in [1.807, 2.05) is 6.07 Å². The van der Waals surface area contributed by atoms with Crippen molar-refractivity contribution in [3.05, 3.63) is 29.5 Å². The lowest BCUT2D eigenvalue weighted by Crippen LogP contribution is -2.08. The van der Waals surface area contributed by atoms with Crippen molar-refractivity contribution in [3.63, 3.8) is 0 Å². The Labute approximate surface area is 91.8 Å². The fourth-order valence-electron chi connectivity index (χ4n) is 1.61. The first-order chi connectivity index (χ1) is 7.67. The van der Waals surface area contributed by atoms with Crippen molar-refractivity contribution in [2.75, 3.05) is 7.11 Å². The van der Waals surface area contributed by atoms with Gasteiger partial charge in [0, 0.05) is 12.4 Å². The molecule has 0 atom stereocenters. The minimum absolute atomic E-state index is 0.391. The van der Waals surface area contributed by atoms with Gasteiger partial charge in [-0.1, -0.05) is 0 Å². The van der Waals surface area contributed by atoms with Gasteiger partial charge in [0.15, 0.2) is 5.69 Å². The summed E-state index contributed by atoms with van der Waals surface area (Å²) in [4.78, 5) is 11.5. The molecule has 1 heterocycles. The smallest absolute Gasteiger partial charge is 0.356 e. The van der Waals surface area contributed by atoms with Crippen LogP contribution in [0.5, 0.6) is 0 Å². The van der Waals surface area contributed by atoms with Gasteiger partial charge in [-0.15, -0.1) is 0 Å². The van der Waals surface area contributed by atoms with Crippen molar-refractivity contribution in [2.24, 2.45) is 7.05 Å². The zero-order valence-corrected chi connectivity index (χ0v) is 8.89. The fourth-order valence-corrected chi connectivity index (χ4v) is 1.61. The van der Waals surface area contributed by atoms with Crippen molar-refractivity contribution in [1.82, 2.24) is 9.78 Å². The molecule has 80 valence electrons. The number of nitrogens with zero attached hydrogens (tertiary/aromatic N) is 3. The first-order valence-corrected chi connectivity index (χ1v) is 4.62. The number of esters is 1. The number of ether oxygens (including phenoxy) is 1. The van der Waals surface area contributed by atoms with Gasteiger partial charge in [0.25, 0.3) is 0 Å². The molecule has 5 heteroatoms. The number of hydrogen-bond acceptors (Lipinski definition) is 4. The Morgan fingerprint density at radius 3 is 2.94 bits per heavy atom. The Morgan fingerprint density at radius 1 is 1.56 bits per heavy atom. The van der Waals surface area contributed by atoms with Crippen molar-refractivity contribution >= 4 is 16.9 Å². The monoisotopic (exact) mass is 215 g/mol. The number of carbonyl (C=O) groups is 1. The molecule has 2 rings (SSSR count). The average Bonchev–Trinajstić information content (AvgIpc) is 2.62. The summed E-state index contributed by atoms with van der Waals surface area (Å²) < 4.78 is 6.13. The number of fused-ring (bicyclic) bond motifs is 1. The van der Waals surface area contributed by atoms with Gasteiger partial charge in [-0.25, -0.2) is 4.79 Å². The summed E-state index contributed by atoms with van der Waals surface area (Å²) in [5, 5.41) is 13.6. The van der Waals surface area contributed by atoms with Gasteiger partial charge in [0.05, 0.1) is 24.3 Å². The zero-order valence-electron chi connectivity index (χ0n) is 8.89. The molecule has 0 N–H and O–H groups in total. The second-order valence-corrected chi connectivity index (χ2v) is 3.31. The molecule has 0 saturated carbocycles. The topological polar surface area (TPSA) is 67.9 Å². The first kappa shape index (κ1) is 10.2. The quantitative estimate of drug-likeness (QED) is 0.671. The van der Waals surface area contributed by atoms with Crippen molar-refractivity contribution in [2.45, 2.75) is 0 Å². The number of benzene rings is 1. The first-order valence-electron chi connectivity index (χ1n) is 4.62. The van der Waals surface area contributed by atoms with Gasteiger partial charge in [0.2, 0.25) is 0 Å².